The van der Waals surface area contributed by atoms with E-state index in [-0.39, 0.29) is 6.54 Å². The summed E-state index contributed by atoms with van der Waals surface area (Å²) in [6, 6.07) is -0.487. The molecule has 22 heavy (non-hydrogen) atoms. The van der Waals surface area contributed by atoms with E-state index in [0.29, 0.717) is 17.6 Å². The molecule has 1 aromatic rings. The van der Waals surface area contributed by atoms with Crippen molar-refractivity contribution < 1.29 is 18.0 Å². The fourth-order valence-corrected chi connectivity index (χ4v) is 2.26. The topological polar surface area (TPSA) is 86.8 Å². The van der Waals surface area contributed by atoms with Crippen LogP contribution in [0.3, 0.4) is 0 Å². The van der Waals surface area contributed by atoms with Gasteiger partial charge in [-0.25, -0.2) is 14.5 Å². The Labute approximate surface area is 124 Å². The van der Waals surface area contributed by atoms with E-state index in [4.69, 9.17) is 5.26 Å². The van der Waals surface area contributed by atoms with Crippen LogP contribution in [0.25, 0.3) is 0 Å². The van der Waals surface area contributed by atoms with E-state index < -0.39 is 30.2 Å². The van der Waals surface area contributed by atoms with Gasteiger partial charge in [0.2, 0.25) is 0 Å². The summed E-state index contributed by atoms with van der Waals surface area (Å²) in [4.78, 5) is 16.8. The lowest BCUT2D eigenvalue weighted by Gasteiger charge is -2.23. The fourth-order valence-electron chi connectivity index (χ4n) is 2.26. The summed E-state index contributed by atoms with van der Waals surface area (Å²) < 4.78 is 39.6. The van der Waals surface area contributed by atoms with E-state index >= 15 is 0 Å². The van der Waals surface area contributed by atoms with Crippen molar-refractivity contribution >= 4 is 6.03 Å². The van der Waals surface area contributed by atoms with E-state index in [1.54, 1.807) is 6.92 Å². The first-order valence-corrected chi connectivity index (χ1v) is 6.60. The molecule has 0 bridgehead atoms. The molecule has 1 fully saturated rings. The van der Waals surface area contributed by atoms with Crippen molar-refractivity contribution in [2.45, 2.75) is 25.6 Å². The van der Waals surface area contributed by atoms with E-state index in [1.165, 1.54) is 4.90 Å². The molecule has 2 amide bonds. The summed E-state index contributed by atoms with van der Waals surface area (Å²) in [6.07, 6.45) is -2.11. The van der Waals surface area contributed by atoms with Crippen LogP contribution in [0.4, 0.5) is 18.0 Å². The van der Waals surface area contributed by atoms with Crippen LogP contribution in [0.15, 0.2) is 12.7 Å². The van der Waals surface area contributed by atoms with Crippen molar-refractivity contribution in [2.75, 3.05) is 19.6 Å². The monoisotopic (exact) mass is 316 g/mol. The van der Waals surface area contributed by atoms with Crippen LogP contribution in [-0.4, -0.2) is 51.5 Å². The van der Waals surface area contributed by atoms with Crippen LogP contribution in [0, 0.1) is 16.7 Å². The first-order chi connectivity index (χ1) is 10.2. The molecular formula is C12H15F3N6O. The van der Waals surface area contributed by atoms with Gasteiger partial charge in [0.05, 0.1) is 18.0 Å². The van der Waals surface area contributed by atoms with Gasteiger partial charge >= 0.3 is 12.2 Å². The van der Waals surface area contributed by atoms with Gasteiger partial charge < -0.3 is 10.2 Å². The molecule has 1 aliphatic rings. The number of urea groups is 1. The maximum atomic E-state index is 13.0. The van der Waals surface area contributed by atoms with E-state index in [2.05, 4.69) is 21.5 Å². The summed E-state index contributed by atoms with van der Waals surface area (Å²) in [5.41, 5.74) is -0.646. The third-order valence-electron chi connectivity index (χ3n) is 3.61. The highest BCUT2D eigenvalue weighted by Crippen LogP contribution is 2.30. The average Bonchev–Trinajstić information content (AvgIpc) is 3.08. The van der Waals surface area contributed by atoms with Crippen LogP contribution in [0.2, 0.25) is 0 Å². The van der Waals surface area contributed by atoms with Crippen molar-refractivity contribution in [3.63, 3.8) is 0 Å². The first kappa shape index (κ1) is 16.1. The third kappa shape index (κ3) is 3.47. The number of nitrogens with one attached hydrogen (secondary N) is 1. The van der Waals surface area contributed by atoms with Crippen molar-refractivity contribution in [1.82, 2.24) is 25.0 Å². The lowest BCUT2D eigenvalue weighted by atomic mass is 9.92. The third-order valence-corrected chi connectivity index (χ3v) is 3.61. The standard InChI is InChI=1S/C12H15F3N6O/c1-11(5-16)2-3-20(6-11)10(22)18-4-9(12(13,14)15)21-8-17-7-19-21/h7-9H,2-4,6H2,1H3,(H,18,22). The van der Waals surface area contributed by atoms with Gasteiger partial charge in [0.15, 0.2) is 6.04 Å². The molecule has 2 rings (SSSR count). The Morgan fingerprint density at radius 2 is 2.32 bits per heavy atom. The molecule has 1 aliphatic heterocycles. The summed E-state index contributed by atoms with van der Waals surface area (Å²) in [5, 5.41) is 14.7. The fraction of sp³-hybridized carbons (Fsp3) is 0.667. The van der Waals surface area contributed by atoms with Gasteiger partial charge in [0.1, 0.15) is 12.7 Å². The van der Waals surface area contributed by atoms with E-state index in [0.717, 1.165) is 12.7 Å². The van der Waals surface area contributed by atoms with E-state index in [1.807, 2.05) is 0 Å². The Bertz CT molecular complexity index is 566. The number of amides is 2. The van der Waals surface area contributed by atoms with Crippen molar-refractivity contribution in [1.29, 1.82) is 5.26 Å². The van der Waals surface area contributed by atoms with Gasteiger partial charge in [-0.3, -0.25) is 0 Å². The summed E-state index contributed by atoms with van der Waals surface area (Å²) in [6.45, 7) is 1.62. The first-order valence-electron chi connectivity index (χ1n) is 6.60. The Kier molecular flexibility index (Phi) is 4.25. The van der Waals surface area contributed by atoms with Gasteiger partial charge in [0, 0.05) is 13.1 Å². The van der Waals surface area contributed by atoms with Crippen molar-refractivity contribution in [2.24, 2.45) is 5.41 Å². The molecule has 0 aliphatic carbocycles. The quantitative estimate of drug-likeness (QED) is 0.911. The molecule has 10 heteroatoms. The summed E-state index contributed by atoms with van der Waals surface area (Å²) in [5.74, 6) is 0. The zero-order valence-corrected chi connectivity index (χ0v) is 11.8. The number of nitriles is 1. The SMILES string of the molecule is CC1(C#N)CCN(C(=O)NCC(n2cncn2)C(F)(F)F)C1. The molecule has 0 spiro atoms. The maximum absolute atomic E-state index is 13.0. The number of nitrogens with zero attached hydrogens (tertiary/aromatic N) is 5. The summed E-state index contributed by atoms with van der Waals surface area (Å²) in [7, 11) is 0. The second-order valence-corrected chi connectivity index (χ2v) is 5.46. The van der Waals surface area contributed by atoms with E-state index in [9.17, 15) is 18.0 Å². The van der Waals surface area contributed by atoms with Crippen molar-refractivity contribution in [3.8, 4) is 6.07 Å². The number of hydrogen-bond donors (Lipinski definition) is 1. The number of rotatable bonds is 3. The largest absolute Gasteiger partial charge is 0.412 e. The number of likely N-dealkylation sites (tertiary alicyclic amines) is 1. The highest BCUT2D eigenvalue weighted by molar-refractivity contribution is 5.74. The highest BCUT2D eigenvalue weighted by Gasteiger charge is 2.42. The van der Waals surface area contributed by atoms with Crippen molar-refractivity contribution in [3.05, 3.63) is 12.7 Å². The molecule has 0 aromatic carbocycles. The van der Waals surface area contributed by atoms with Gasteiger partial charge in [-0.05, 0) is 13.3 Å². The lowest BCUT2D eigenvalue weighted by Crippen LogP contribution is -2.44. The molecule has 120 valence electrons. The molecule has 1 N–H and O–H groups in total. The molecule has 1 aromatic heterocycles. The molecule has 2 unspecified atom stereocenters. The molecule has 2 atom stereocenters. The molecule has 2 heterocycles. The van der Waals surface area contributed by atoms with Crippen LogP contribution in [0.1, 0.15) is 19.4 Å². The van der Waals surface area contributed by atoms with Crippen LogP contribution < -0.4 is 5.32 Å². The molecule has 1 saturated heterocycles. The Balaban J connectivity index is 1.96. The molecule has 0 radical (unpaired) electrons. The number of hydrogen-bond acceptors (Lipinski definition) is 4. The van der Waals surface area contributed by atoms with Crippen LogP contribution in [-0.2, 0) is 0 Å². The molecular weight excluding hydrogens is 301 g/mol. The smallest absolute Gasteiger partial charge is 0.335 e. The van der Waals surface area contributed by atoms with Crippen LogP contribution in [0.5, 0.6) is 0 Å². The summed E-state index contributed by atoms with van der Waals surface area (Å²) >= 11 is 0. The predicted molar refractivity (Wildman–Crippen MR) is 68.4 cm³/mol. The predicted octanol–water partition coefficient (Wildman–Crippen LogP) is 1.33. The van der Waals surface area contributed by atoms with Gasteiger partial charge in [-0.2, -0.15) is 23.5 Å². The Hall–Kier alpha value is -2.31. The minimum absolute atomic E-state index is 0.204. The minimum Gasteiger partial charge on any atom is -0.335 e. The molecule has 0 saturated carbocycles. The van der Waals surface area contributed by atoms with Gasteiger partial charge in [-0.15, -0.1) is 0 Å². The number of aromatic nitrogens is 3. The number of halogens is 3. The zero-order valence-electron chi connectivity index (χ0n) is 11.8. The molecule has 7 nitrogen and oxygen atoms in total. The number of carbonyl (C=O) groups excluding carboxylic acids is 1. The van der Waals surface area contributed by atoms with Gasteiger partial charge in [0.25, 0.3) is 0 Å². The average molecular weight is 316 g/mol. The normalized spacial score (nSPS) is 23.1. The lowest BCUT2D eigenvalue weighted by molar-refractivity contribution is -0.168. The Morgan fingerprint density at radius 1 is 1.59 bits per heavy atom. The van der Waals surface area contributed by atoms with Crippen LogP contribution >= 0.6 is 0 Å². The number of carbonyl (C=O) groups is 1. The zero-order chi connectivity index (χ0) is 16.4. The highest BCUT2D eigenvalue weighted by atomic mass is 19.4. The van der Waals surface area contributed by atoms with Gasteiger partial charge in [-0.1, -0.05) is 0 Å². The second kappa shape index (κ2) is 5.82. The minimum atomic E-state index is -4.56. The Morgan fingerprint density at radius 3 is 2.82 bits per heavy atom. The number of alkyl halides is 3. The second-order valence-electron chi connectivity index (χ2n) is 5.46. The maximum Gasteiger partial charge on any atom is 0.412 e.